The molecule has 3 aliphatic rings. The second-order valence-electron chi connectivity index (χ2n) is 8.04. The third-order valence-corrected chi connectivity index (χ3v) is 6.45. The van der Waals surface area contributed by atoms with Crippen LogP contribution in [0.25, 0.3) is 0 Å². The van der Waals surface area contributed by atoms with Crippen molar-refractivity contribution in [1.29, 1.82) is 0 Å². The molecule has 2 aliphatic carbocycles. The van der Waals surface area contributed by atoms with Crippen LogP contribution in [-0.4, -0.2) is 36.1 Å². The molecule has 122 valence electrons. The lowest BCUT2D eigenvalue weighted by atomic mass is 9.81. The van der Waals surface area contributed by atoms with Crippen LogP contribution in [0.15, 0.2) is 0 Å². The normalized spacial score (nSPS) is 39.1. The fourth-order valence-electron chi connectivity index (χ4n) is 5.36. The van der Waals surface area contributed by atoms with E-state index in [1.54, 1.807) is 0 Å². The van der Waals surface area contributed by atoms with Crippen LogP contribution in [0.5, 0.6) is 0 Å². The average Bonchev–Trinajstić information content (AvgIpc) is 3.16. The second-order valence-corrected chi connectivity index (χ2v) is 8.04. The fourth-order valence-corrected chi connectivity index (χ4v) is 5.36. The minimum Gasteiger partial charge on any atom is -0.312 e. The van der Waals surface area contributed by atoms with Crippen molar-refractivity contribution in [2.24, 2.45) is 11.8 Å². The van der Waals surface area contributed by atoms with Crippen LogP contribution in [0.2, 0.25) is 0 Å². The standard InChI is InChI=1S/C19H36N2/c1-3-12-20-17-11-10-15(2)14-19(17)21-13-6-9-18(21)16-7-4-5-8-16/h15-20H,3-14H2,1-2H3. The predicted octanol–water partition coefficient (Wildman–Crippen LogP) is 4.20. The van der Waals surface area contributed by atoms with Crippen molar-refractivity contribution >= 4 is 0 Å². The zero-order chi connectivity index (χ0) is 14.7. The van der Waals surface area contributed by atoms with Gasteiger partial charge in [-0.25, -0.2) is 0 Å². The van der Waals surface area contributed by atoms with Crippen LogP contribution in [-0.2, 0) is 0 Å². The Morgan fingerprint density at radius 2 is 1.76 bits per heavy atom. The number of hydrogen-bond donors (Lipinski definition) is 1. The van der Waals surface area contributed by atoms with Crippen molar-refractivity contribution in [2.75, 3.05) is 13.1 Å². The summed E-state index contributed by atoms with van der Waals surface area (Å²) in [6.07, 6.45) is 14.5. The largest absolute Gasteiger partial charge is 0.312 e. The molecule has 1 N–H and O–H groups in total. The molecule has 4 unspecified atom stereocenters. The molecule has 3 rings (SSSR count). The Bertz CT molecular complexity index is 309. The topological polar surface area (TPSA) is 15.3 Å². The van der Waals surface area contributed by atoms with Gasteiger partial charge >= 0.3 is 0 Å². The highest BCUT2D eigenvalue weighted by Crippen LogP contribution is 2.39. The van der Waals surface area contributed by atoms with Gasteiger partial charge in [0.25, 0.3) is 0 Å². The monoisotopic (exact) mass is 292 g/mol. The van der Waals surface area contributed by atoms with Crippen LogP contribution in [0.1, 0.15) is 78.1 Å². The summed E-state index contributed by atoms with van der Waals surface area (Å²) in [4.78, 5) is 2.97. The third kappa shape index (κ3) is 3.64. The molecule has 0 amide bonds. The van der Waals surface area contributed by atoms with Crippen LogP contribution in [0.4, 0.5) is 0 Å². The van der Waals surface area contributed by atoms with Crippen molar-refractivity contribution < 1.29 is 0 Å². The van der Waals surface area contributed by atoms with E-state index in [0.29, 0.717) is 0 Å². The summed E-state index contributed by atoms with van der Waals surface area (Å²) in [5.74, 6) is 1.95. The average molecular weight is 293 g/mol. The highest BCUT2D eigenvalue weighted by Gasteiger charge is 2.41. The van der Waals surface area contributed by atoms with Gasteiger partial charge in [0.1, 0.15) is 0 Å². The summed E-state index contributed by atoms with van der Waals surface area (Å²) in [7, 11) is 0. The van der Waals surface area contributed by atoms with Crippen molar-refractivity contribution in [3.05, 3.63) is 0 Å². The van der Waals surface area contributed by atoms with Gasteiger partial charge in [0.05, 0.1) is 0 Å². The molecule has 1 heterocycles. The Morgan fingerprint density at radius 1 is 0.952 bits per heavy atom. The van der Waals surface area contributed by atoms with E-state index in [9.17, 15) is 0 Å². The van der Waals surface area contributed by atoms with Crippen LogP contribution in [0.3, 0.4) is 0 Å². The Hall–Kier alpha value is -0.0800. The van der Waals surface area contributed by atoms with E-state index in [0.717, 1.165) is 30.0 Å². The number of likely N-dealkylation sites (tertiary alicyclic amines) is 1. The third-order valence-electron chi connectivity index (χ3n) is 6.45. The number of hydrogen-bond acceptors (Lipinski definition) is 2. The molecule has 3 fully saturated rings. The van der Waals surface area contributed by atoms with Gasteiger partial charge in [-0.2, -0.15) is 0 Å². The number of nitrogens with one attached hydrogen (secondary N) is 1. The molecule has 0 aromatic heterocycles. The maximum absolute atomic E-state index is 3.89. The van der Waals surface area contributed by atoms with Gasteiger partial charge in [-0.3, -0.25) is 4.90 Å². The first kappa shape index (κ1) is 15.8. The van der Waals surface area contributed by atoms with Crippen LogP contribution < -0.4 is 5.32 Å². The number of rotatable bonds is 5. The minimum absolute atomic E-state index is 0.767. The Labute approximate surface area is 132 Å². The molecule has 0 bridgehead atoms. The summed E-state index contributed by atoms with van der Waals surface area (Å²) >= 11 is 0. The van der Waals surface area contributed by atoms with E-state index >= 15 is 0 Å². The van der Waals surface area contributed by atoms with Crippen molar-refractivity contribution in [3.63, 3.8) is 0 Å². The molecule has 0 aromatic carbocycles. The van der Waals surface area contributed by atoms with E-state index < -0.39 is 0 Å². The van der Waals surface area contributed by atoms with Gasteiger partial charge in [-0.1, -0.05) is 26.7 Å². The Kier molecular flexibility index (Phi) is 5.61. The van der Waals surface area contributed by atoms with E-state index in [1.165, 1.54) is 77.3 Å². The van der Waals surface area contributed by atoms with E-state index in [2.05, 4.69) is 24.1 Å². The highest BCUT2D eigenvalue weighted by atomic mass is 15.2. The van der Waals surface area contributed by atoms with Crippen molar-refractivity contribution in [2.45, 2.75) is 96.2 Å². The summed E-state index contributed by atoms with van der Waals surface area (Å²) in [5, 5.41) is 3.89. The molecule has 2 heteroatoms. The Morgan fingerprint density at radius 3 is 2.52 bits per heavy atom. The lowest BCUT2D eigenvalue weighted by Crippen LogP contribution is -2.55. The zero-order valence-electron chi connectivity index (χ0n) is 14.3. The smallest absolute Gasteiger partial charge is 0.0254 e. The summed E-state index contributed by atoms with van der Waals surface area (Å²) in [6.45, 7) is 7.36. The predicted molar refractivity (Wildman–Crippen MR) is 90.6 cm³/mol. The first-order valence-electron chi connectivity index (χ1n) is 9.78. The molecule has 1 saturated heterocycles. The fraction of sp³-hybridized carbons (Fsp3) is 1.00. The summed E-state index contributed by atoms with van der Waals surface area (Å²) < 4.78 is 0. The summed E-state index contributed by atoms with van der Waals surface area (Å²) in [5.41, 5.74) is 0. The lowest BCUT2D eigenvalue weighted by Gasteiger charge is -2.44. The maximum Gasteiger partial charge on any atom is 0.0254 e. The van der Waals surface area contributed by atoms with E-state index in [4.69, 9.17) is 0 Å². The molecule has 2 nitrogen and oxygen atoms in total. The van der Waals surface area contributed by atoms with E-state index in [1.807, 2.05) is 0 Å². The summed E-state index contributed by atoms with van der Waals surface area (Å²) in [6, 6.07) is 2.52. The zero-order valence-corrected chi connectivity index (χ0v) is 14.3. The van der Waals surface area contributed by atoms with Gasteiger partial charge in [-0.15, -0.1) is 0 Å². The highest BCUT2D eigenvalue weighted by molar-refractivity contribution is 4.97. The van der Waals surface area contributed by atoms with Crippen molar-refractivity contribution in [1.82, 2.24) is 10.2 Å². The molecule has 0 radical (unpaired) electrons. The maximum atomic E-state index is 3.89. The quantitative estimate of drug-likeness (QED) is 0.817. The van der Waals surface area contributed by atoms with Gasteiger partial charge in [0.2, 0.25) is 0 Å². The van der Waals surface area contributed by atoms with Crippen LogP contribution >= 0.6 is 0 Å². The first-order chi connectivity index (χ1) is 10.3. The molecule has 4 atom stereocenters. The molecule has 1 aliphatic heterocycles. The molecular weight excluding hydrogens is 256 g/mol. The molecule has 21 heavy (non-hydrogen) atoms. The molecule has 2 saturated carbocycles. The first-order valence-corrected chi connectivity index (χ1v) is 9.78. The molecule has 0 aromatic rings. The lowest BCUT2D eigenvalue weighted by molar-refractivity contribution is 0.0676. The van der Waals surface area contributed by atoms with Crippen LogP contribution in [0, 0.1) is 11.8 Å². The van der Waals surface area contributed by atoms with Gasteiger partial charge < -0.3 is 5.32 Å². The minimum atomic E-state index is 0.767. The van der Waals surface area contributed by atoms with Gasteiger partial charge in [0.15, 0.2) is 0 Å². The Balaban J connectivity index is 1.67. The molecule has 0 spiro atoms. The SMILES string of the molecule is CCCNC1CCC(C)CC1N1CCCC1C1CCCC1. The van der Waals surface area contributed by atoms with Gasteiger partial charge in [0, 0.05) is 18.1 Å². The molecular formula is C19H36N2. The second kappa shape index (κ2) is 7.46. The number of nitrogens with zero attached hydrogens (tertiary/aromatic N) is 1. The van der Waals surface area contributed by atoms with E-state index in [-0.39, 0.29) is 0 Å². The van der Waals surface area contributed by atoms with Crippen molar-refractivity contribution in [3.8, 4) is 0 Å². The van der Waals surface area contributed by atoms with Gasteiger partial charge in [-0.05, 0) is 76.3 Å².